The zero-order chi connectivity index (χ0) is 15.0. The summed E-state index contributed by atoms with van der Waals surface area (Å²) in [5, 5.41) is 20.3. The Kier molecular flexibility index (Phi) is 3.09. The topological polar surface area (TPSA) is 109 Å². The van der Waals surface area contributed by atoms with Crippen LogP contribution in [0.1, 0.15) is 5.69 Å². The number of hydrogen-bond acceptors (Lipinski definition) is 6. The van der Waals surface area contributed by atoms with Crippen LogP contribution in [0.4, 0.5) is 11.5 Å². The lowest BCUT2D eigenvalue weighted by Crippen LogP contribution is -2.43. The van der Waals surface area contributed by atoms with Crippen molar-refractivity contribution in [2.24, 2.45) is 9.98 Å². The van der Waals surface area contributed by atoms with Crippen LogP contribution in [0.3, 0.4) is 0 Å². The molecular weight excluding hydrogens is 296 g/mol. The predicted molar refractivity (Wildman–Crippen MR) is 75.8 cm³/mol. The minimum absolute atomic E-state index is 0.0516. The van der Waals surface area contributed by atoms with E-state index in [1.165, 1.54) is 12.1 Å². The molecule has 0 saturated heterocycles. The number of nitro benzene ring substituents is 1. The molecule has 1 aromatic heterocycles. The molecule has 0 bridgehead atoms. The van der Waals surface area contributed by atoms with Gasteiger partial charge in [0.1, 0.15) is 0 Å². The van der Waals surface area contributed by atoms with Crippen LogP contribution >= 0.6 is 11.6 Å². The zero-order valence-electron chi connectivity index (χ0n) is 11.0. The molecule has 2 heterocycles. The van der Waals surface area contributed by atoms with E-state index < -0.39 is 10.0 Å². The van der Waals surface area contributed by atoms with Gasteiger partial charge in [0.2, 0.25) is 5.12 Å². The lowest BCUT2D eigenvalue weighted by Gasteiger charge is -2.23. The number of halogens is 1. The van der Waals surface area contributed by atoms with Crippen molar-refractivity contribution in [1.82, 2.24) is 10.2 Å². The summed E-state index contributed by atoms with van der Waals surface area (Å²) in [4.78, 5) is 19.0. The standard InChI is InChI=1S/C12H11ClN6O2/c1-7-4-11(18-17-7)16-12(13)6-14-9-3-2-8(19(20)21)5-10(9)15-12/h2-5H,6H2,1H3,(H2,16,17,18). The molecule has 1 aliphatic heterocycles. The van der Waals surface area contributed by atoms with Crippen molar-refractivity contribution >= 4 is 23.1 Å². The van der Waals surface area contributed by atoms with E-state index in [0.717, 1.165) is 5.69 Å². The van der Waals surface area contributed by atoms with E-state index in [2.05, 4.69) is 25.5 Å². The number of benzene rings is 1. The van der Waals surface area contributed by atoms with Crippen LogP contribution in [0.25, 0.3) is 0 Å². The average molecular weight is 307 g/mol. The van der Waals surface area contributed by atoms with Gasteiger partial charge in [0.25, 0.3) is 5.69 Å². The van der Waals surface area contributed by atoms with Gasteiger partial charge >= 0.3 is 0 Å². The number of fused-ring (bicyclic) bond motifs is 1. The van der Waals surface area contributed by atoms with Crippen LogP contribution in [-0.4, -0.2) is 26.8 Å². The Morgan fingerprint density at radius 2 is 2.24 bits per heavy atom. The molecule has 2 N–H and O–H groups in total. The highest BCUT2D eigenvalue weighted by molar-refractivity contribution is 6.25. The summed E-state index contributed by atoms with van der Waals surface area (Å²) in [5.74, 6) is 0.537. The summed E-state index contributed by atoms with van der Waals surface area (Å²) in [6, 6.07) is 6.09. The quantitative estimate of drug-likeness (QED) is 0.380. The minimum atomic E-state index is -1.20. The van der Waals surface area contributed by atoms with Crippen LogP contribution in [0.5, 0.6) is 0 Å². The van der Waals surface area contributed by atoms with Crippen molar-refractivity contribution in [3.63, 3.8) is 0 Å². The molecule has 108 valence electrons. The Balaban J connectivity index is 2.00. The molecule has 1 unspecified atom stereocenters. The molecule has 2 aromatic rings. The van der Waals surface area contributed by atoms with E-state index >= 15 is 0 Å². The maximum absolute atomic E-state index is 10.8. The van der Waals surface area contributed by atoms with Crippen LogP contribution in [-0.2, 0) is 0 Å². The van der Waals surface area contributed by atoms with Crippen LogP contribution in [0.2, 0.25) is 0 Å². The highest BCUT2D eigenvalue weighted by Crippen LogP contribution is 2.21. The van der Waals surface area contributed by atoms with Gasteiger partial charge in [-0.25, -0.2) is 4.99 Å². The Bertz CT molecular complexity index is 833. The smallest absolute Gasteiger partial charge is 0.271 e. The SMILES string of the molecule is Cc1cc(NC2(Cl)CN=c3ccc([N+](=O)[O-])cc3=N2)n[nH]1. The van der Waals surface area contributed by atoms with Crippen LogP contribution in [0, 0.1) is 17.0 Å². The molecular formula is C12H11ClN6O2. The van der Waals surface area contributed by atoms with Crippen molar-refractivity contribution < 1.29 is 4.92 Å². The summed E-state index contributed by atoms with van der Waals surface area (Å²) < 4.78 is 0. The number of non-ortho nitro benzene ring substituents is 1. The van der Waals surface area contributed by atoms with Crippen molar-refractivity contribution in [3.05, 3.63) is 50.8 Å². The molecule has 0 saturated carbocycles. The second-order valence-corrected chi connectivity index (χ2v) is 5.30. The maximum atomic E-state index is 10.8. The highest BCUT2D eigenvalue weighted by Gasteiger charge is 2.29. The number of alkyl halides is 1. The van der Waals surface area contributed by atoms with Gasteiger partial charge in [0, 0.05) is 23.9 Å². The number of aromatic amines is 1. The van der Waals surface area contributed by atoms with Crippen molar-refractivity contribution in [3.8, 4) is 0 Å². The number of aromatic nitrogens is 2. The molecule has 1 atom stereocenters. The van der Waals surface area contributed by atoms with Gasteiger partial charge in [-0.2, -0.15) is 5.10 Å². The normalized spacial score (nSPS) is 20.1. The summed E-state index contributed by atoms with van der Waals surface area (Å²) >= 11 is 6.38. The Morgan fingerprint density at radius 1 is 1.43 bits per heavy atom. The Morgan fingerprint density at radius 3 is 2.90 bits per heavy atom. The van der Waals surface area contributed by atoms with Gasteiger partial charge in [-0.1, -0.05) is 11.6 Å². The fraction of sp³-hybridized carbons (Fsp3) is 0.250. The van der Waals surface area contributed by atoms with Gasteiger partial charge in [0.05, 0.1) is 22.2 Å². The third-order valence-electron chi connectivity index (χ3n) is 2.95. The molecule has 1 aliphatic rings. The summed E-state index contributed by atoms with van der Waals surface area (Å²) in [6.07, 6.45) is 0. The first-order valence-corrected chi connectivity index (χ1v) is 6.51. The minimum Gasteiger partial charge on any atom is -0.330 e. The summed E-state index contributed by atoms with van der Waals surface area (Å²) in [5.41, 5.74) is 0.825. The average Bonchev–Trinajstić information content (AvgIpc) is 2.82. The number of nitro groups is 1. The number of aryl methyl sites for hydroxylation is 1. The second-order valence-electron chi connectivity index (χ2n) is 4.68. The number of hydrogen-bond donors (Lipinski definition) is 2. The fourth-order valence-electron chi connectivity index (χ4n) is 2.01. The number of nitrogens with zero attached hydrogens (tertiary/aromatic N) is 4. The van der Waals surface area contributed by atoms with Gasteiger partial charge in [0.15, 0.2) is 5.82 Å². The molecule has 21 heavy (non-hydrogen) atoms. The van der Waals surface area contributed by atoms with Crippen molar-refractivity contribution in [2.45, 2.75) is 12.0 Å². The van der Waals surface area contributed by atoms with E-state index in [4.69, 9.17) is 11.6 Å². The molecule has 0 fully saturated rings. The first kappa shape index (κ1) is 13.5. The number of H-pyrrole nitrogens is 1. The molecule has 0 amide bonds. The van der Waals surface area contributed by atoms with Crippen molar-refractivity contribution in [2.75, 3.05) is 11.9 Å². The lowest BCUT2D eigenvalue weighted by atomic mass is 10.2. The van der Waals surface area contributed by atoms with Gasteiger partial charge in [-0.05, 0) is 13.0 Å². The van der Waals surface area contributed by atoms with E-state index in [9.17, 15) is 10.1 Å². The number of anilines is 1. The molecule has 8 nitrogen and oxygen atoms in total. The van der Waals surface area contributed by atoms with Gasteiger partial charge in [-0.3, -0.25) is 20.2 Å². The predicted octanol–water partition coefficient (Wildman–Crippen LogP) is 0.884. The lowest BCUT2D eigenvalue weighted by molar-refractivity contribution is -0.385. The maximum Gasteiger partial charge on any atom is 0.271 e. The fourth-order valence-corrected chi connectivity index (χ4v) is 2.26. The summed E-state index contributed by atoms with van der Waals surface area (Å²) in [6.45, 7) is 2.06. The van der Waals surface area contributed by atoms with Crippen LogP contribution < -0.4 is 16.0 Å². The van der Waals surface area contributed by atoms with Crippen molar-refractivity contribution in [1.29, 1.82) is 0 Å². The number of nitrogens with one attached hydrogen (secondary N) is 2. The third-order valence-corrected chi connectivity index (χ3v) is 3.25. The second kappa shape index (κ2) is 4.81. The van der Waals surface area contributed by atoms with Gasteiger partial charge < -0.3 is 5.32 Å². The Hall–Kier alpha value is -2.48. The number of rotatable bonds is 3. The summed E-state index contributed by atoms with van der Waals surface area (Å²) in [7, 11) is 0. The monoisotopic (exact) mass is 306 g/mol. The molecule has 0 radical (unpaired) electrons. The molecule has 9 heteroatoms. The molecule has 0 spiro atoms. The van der Waals surface area contributed by atoms with E-state index in [1.807, 2.05) is 6.92 Å². The molecule has 1 aromatic carbocycles. The van der Waals surface area contributed by atoms with E-state index in [-0.39, 0.29) is 12.2 Å². The highest BCUT2D eigenvalue weighted by atomic mass is 35.5. The Labute approximate surface area is 123 Å². The zero-order valence-corrected chi connectivity index (χ0v) is 11.8. The molecule has 0 aliphatic carbocycles. The molecule has 3 rings (SSSR count). The van der Waals surface area contributed by atoms with E-state index in [0.29, 0.717) is 16.5 Å². The third kappa shape index (κ3) is 2.70. The first-order chi connectivity index (χ1) is 9.95. The van der Waals surface area contributed by atoms with E-state index in [1.54, 1.807) is 12.1 Å². The van der Waals surface area contributed by atoms with Crippen LogP contribution in [0.15, 0.2) is 34.3 Å². The first-order valence-electron chi connectivity index (χ1n) is 6.13. The largest absolute Gasteiger partial charge is 0.330 e. The van der Waals surface area contributed by atoms with Gasteiger partial charge in [-0.15, -0.1) is 0 Å².